The molecular formula is C15H20N4O. The van der Waals surface area contributed by atoms with Gasteiger partial charge in [-0.1, -0.05) is 19.1 Å². The molecule has 0 bridgehead atoms. The van der Waals surface area contributed by atoms with Crippen molar-refractivity contribution >= 4 is 6.03 Å². The van der Waals surface area contributed by atoms with E-state index in [1.807, 2.05) is 48.9 Å². The van der Waals surface area contributed by atoms with Crippen molar-refractivity contribution < 1.29 is 4.79 Å². The first-order chi connectivity index (χ1) is 9.70. The maximum atomic E-state index is 11.4. The zero-order chi connectivity index (χ0) is 14.4. The largest absolute Gasteiger partial charge is 0.338 e. The highest BCUT2D eigenvalue weighted by Gasteiger charge is 2.02. The Balaban J connectivity index is 1.92. The van der Waals surface area contributed by atoms with Gasteiger partial charge < -0.3 is 15.2 Å². The number of carbonyl (C=O) groups excluding carboxylic acids is 1. The predicted octanol–water partition coefficient (Wildman–Crippen LogP) is 2.39. The molecule has 1 aromatic carbocycles. The number of amides is 2. The SMILES string of the molecule is CCCNC(=O)NCc1ccc(-n2ccnc2C)cc1. The normalized spacial score (nSPS) is 10.3. The standard InChI is InChI=1S/C15H20N4O/c1-3-8-17-15(20)18-11-13-4-6-14(7-5-13)19-10-9-16-12(19)2/h4-7,9-10H,3,8,11H2,1-2H3,(H2,17,18,20). The van der Waals surface area contributed by atoms with Crippen LogP contribution < -0.4 is 10.6 Å². The van der Waals surface area contributed by atoms with Crippen LogP contribution in [0.4, 0.5) is 4.79 Å². The number of rotatable bonds is 5. The summed E-state index contributed by atoms with van der Waals surface area (Å²) in [5.41, 5.74) is 2.14. The van der Waals surface area contributed by atoms with Crippen molar-refractivity contribution in [1.82, 2.24) is 20.2 Å². The number of nitrogens with zero attached hydrogens (tertiary/aromatic N) is 2. The Morgan fingerprint density at radius 1 is 1.25 bits per heavy atom. The molecule has 0 saturated heterocycles. The second kappa shape index (κ2) is 6.75. The number of nitrogens with one attached hydrogen (secondary N) is 2. The number of aryl methyl sites for hydroxylation is 1. The molecule has 0 unspecified atom stereocenters. The van der Waals surface area contributed by atoms with E-state index in [0.29, 0.717) is 13.1 Å². The van der Waals surface area contributed by atoms with Gasteiger partial charge in [-0.25, -0.2) is 9.78 Å². The summed E-state index contributed by atoms with van der Waals surface area (Å²) in [7, 11) is 0. The van der Waals surface area contributed by atoms with Crippen LogP contribution in [0.2, 0.25) is 0 Å². The lowest BCUT2D eigenvalue weighted by Gasteiger charge is -2.08. The molecule has 20 heavy (non-hydrogen) atoms. The lowest BCUT2D eigenvalue weighted by Crippen LogP contribution is -2.35. The van der Waals surface area contributed by atoms with Gasteiger partial charge in [0.1, 0.15) is 5.82 Å². The molecule has 0 spiro atoms. The first-order valence-electron chi connectivity index (χ1n) is 6.81. The van der Waals surface area contributed by atoms with Crippen LogP contribution in [0.1, 0.15) is 24.7 Å². The van der Waals surface area contributed by atoms with Crippen molar-refractivity contribution in [2.75, 3.05) is 6.54 Å². The van der Waals surface area contributed by atoms with Crippen molar-refractivity contribution in [1.29, 1.82) is 0 Å². The molecule has 2 aromatic rings. The number of imidazole rings is 1. The van der Waals surface area contributed by atoms with Gasteiger partial charge >= 0.3 is 6.03 Å². The number of hydrogen-bond donors (Lipinski definition) is 2. The molecule has 2 N–H and O–H groups in total. The van der Waals surface area contributed by atoms with Crippen LogP contribution in [0.3, 0.4) is 0 Å². The predicted molar refractivity (Wildman–Crippen MR) is 78.8 cm³/mol. The van der Waals surface area contributed by atoms with Gasteiger partial charge in [-0.05, 0) is 31.0 Å². The molecule has 1 heterocycles. The maximum Gasteiger partial charge on any atom is 0.315 e. The zero-order valence-electron chi connectivity index (χ0n) is 11.9. The minimum absolute atomic E-state index is 0.124. The van der Waals surface area contributed by atoms with E-state index in [4.69, 9.17) is 0 Å². The minimum atomic E-state index is -0.124. The molecule has 0 saturated carbocycles. The van der Waals surface area contributed by atoms with E-state index in [9.17, 15) is 4.79 Å². The van der Waals surface area contributed by atoms with Crippen molar-refractivity contribution in [2.45, 2.75) is 26.8 Å². The van der Waals surface area contributed by atoms with Crippen LogP contribution in [0.5, 0.6) is 0 Å². The van der Waals surface area contributed by atoms with Crippen LogP contribution in [-0.4, -0.2) is 22.1 Å². The number of aromatic nitrogens is 2. The number of carbonyl (C=O) groups is 1. The van der Waals surface area contributed by atoms with Crippen LogP contribution >= 0.6 is 0 Å². The molecule has 106 valence electrons. The highest BCUT2D eigenvalue weighted by Crippen LogP contribution is 2.11. The quantitative estimate of drug-likeness (QED) is 0.878. The molecule has 0 atom stereocenters. The summed E-state index contributed by atoms with van der Waals surface area (Å²) >= 11 is 0. The Hall–Kier alpha value is -2.30. The minimum Gasteiger partial charge on any atom is -0.338 e. The average molecular weight is 272 g/mol. The third-order valence-electron chi connectivity index (χ3n) is 3.03. The molecule has 0 aliphatic carbocycles. The summed E-state index contributed by atoms with van der Waals surface area (Å²) in [6, 6.07) is 7.94. The molecule has 0 fully saturated rings. The van der Waals surface area contributed by atoms with Crippen LogP contribution in [-0.2, 0) is 6.54 Å². The summed E-state index contributed by atoms with van der Waals surface area (Å²) < 4.78 is 2.02. The molecule has 5 heteroatoms. The van der Waals surface area contributed by atoms with Gasteiger partial charge in [0.05, 0.1) is 0 Å². The Morgan fingerprint density at radius 3 is 2.60 bits per heavy atom. The van der Waals surface area contributed by atoms with Gasteiger partial charge in [0.25, 0.3) is 0 Å². The van der Waals surface area contributed by atoms with Gasteiger partial charge in [-0.15, -0.1) is 0 Å². The summed E-state index contributed by atoms with van der Waals surface area (Å²) in [5, 5.41) is 5.61. The van der Waals surface area contributed by atoms with Crippen LogP contribution in [0.15, 0.2) is 36.7 Å². The van der Waals surface area contributed by atoms with Gasteiger partial charge in [-0.3, -0.25) is 0 Å². The molecule has 1 aromatic heterocycles. The number of hydrogen-bond acceptors (Lipinski definition) is 2. The summed E-state index contributed by atoms with van der Waals surface area (Å²) in [6.07, 6.45) is 4.65. The lowest BCUT2D eigenvalue weighted by molar-refractivity contribution is 0.240. The third-order valence-corrected chi connectivity index (χ3v) is 3.03. The first kappa shape index (κ1) is 14.1. The molecular weight excluding hydrogens is 252 g/mol. The fourth-order valence-corrected chi connectivity index (χ4v) is 1.91. The van der Waals surface area contributed by atoms with Gasteiger partial charge in [0.15, 0.2) is 0 Å². The number of urea groups is 1. The Morgan fingerprint density at radius 2 is 2.00 bits per heavy atom. The Bertz CT molecular complexity index is 560. The van der Waals surface area contributed by atoms with Crippen LogP contribution in [0, 0.1) is 6.92 Å². The van der Waals surface area contributed by atoms with E-state index >= 15 is 0 Å². The van der Waals surface area contributed by atoms with Crippen molar-refractivity contribution in [2.24, 2.45) is 0 Å². The second-order valence-electron chi connectivity index (χ2n) is 4.62. The van der Waals surface area contributed by atoms with E-state index < -0.39 is 0 Å². The van der Waals surface area contributed by atoms with Crippen molar-refractivity contribution in [3.63, 3.8) is 0 Å². The van der Waals surface area contributed by atoms with Crippen LogP contribution in [0.25, 0.3) is 5.69 Å². The van der Waals surface area contributed by atoms with E-state index in [0.717, 1.165) is 23.5 Å². The van der Waals surface area contributed by atoms with Gasteiger partial charge in [-0.2, -0.15) is 0 Å². The molecule has 0 radical (unpaired) electrons. The molecule has 0 aliphatic rings. The maximum absolute atomic E-state index is 11.4. The van der Waals surface area contributed by atoms with E-state index in [1.165, 1.54) is 0 Å². The highest BCUT2D eigenvalue weighted by atomic mass is 16.2. The Labute approximate surface area is 119 Å². The molecule has 0 aliphatic heterocycles. The molecule has 2 rings (SSSR count). The van der Waals surface area contributed by atoms with Crippen molar-refractivity contribution in [3.05, 3.63) is 48.0 Å². The zero-order valence-corrected chi connectivity index (χ0v) is 11.9. The summed E-state index contributed by atoms with van der Waals surface area (Å²) in [4.78, 5) is 15.6. The van der Waals surface area contributed by atoms with E-state index in [-0.39, 0.29) is 6.03 Å². The van der Waals surface area contributed by atoms with Gasteiger partial charge in [0.2, 0.25) is 0 Å². The van der Waals surface area contributed by atoms with E-state index in [2.05, 4.69) is 15.6 Å². The smallest absolute Gasteiger partial charge is 0.315 e. The third kappa shape index (κ3) is 3.60. The monoisotopic (exact) mass is 272 g/mol. The second-order valence-corrected chi connectivity index (χ2v) is 4.62. The van der Waals surface area contributed by atoms with Gasteiger partial charge in [0, 0.05) is 31.2 Å². The van der Waals surface area contributed by atoms with E-state index in [1.54, 1.807) is 6.20 Å². The highest BCUT2D eigenvalue weighted by molar-refractivity contribution is 5.73. The topological polar surface area (TPSA) is 59.0 Å². The fourth-order valence-electron chi connectivity index (χ4n) is 1.91. The number of benzene rings is 1. The summed E-state index contributed by atoms with van der Waals surface area (Å²) in [6.45, 7) is 5.22. The lowest BCUT2D eigenvalue weighted by atomic mass is 10.2. The summed E-state index contributed by atoms with van der Waals surface area (Å²) in [5.74, 6) is 0.954. The fraction of sp³-hybridized carbons (Fsp3) is 0.333. The Kier molecular flexibility index (Phi) is 4.76. The van der Waals surface area contributed by atoms with Crippen molar-refractivity contribution in [3.8, 4) is 5.69 Å². The average Bonchev–Trinajstić information content (AvgIpc) is 2.89. The molecule has 2 amide bonds. The molecule has 5 nitrogen and oxygen atoms in total. The first-order valence-corrected chi connectivity index (χ1v) is 6.81.